The van der Waals surface area contributed by atoms with E-state index in [-0.39, 0.29) is 18.3 Å². The third kappa shape index (κ3) is 2.74. The van der Waals surface area contributed by atoms with Crippen LogP contribution in [0.25, 0.3) is 0 Å². The fraction of sp³-hybridized carbons (Fsp3) is 0.818. The molecule has 0 unspecified atom stereocenters. The molecule has 15 heavy (non-hydrogen) atoms. The molecule has 1 heterocycles. The Morgan fingerprint density at radius 2 is 1.53 bits per heavy atom. The van der Waals surface area contributed by atoms with E-state index in [1.54, 1.807) is 0 Å². The molecule has 1 aliphatic heterocycles. The minimum absolute atomic E-state index is 0.0605. The van der Waals surface area contributed by atoms with Crippen LogP contribution >= 0.6 is 0 Å². The molecule has 0 saturated carbocycles. The van der Waals surface area contributed by atoms with Crippen molar-refractivity contribution >= 4 is 15.2 Å². The summed E-state index contributed by atoms with van der Waals surface area (Å²) in [6, 6.07) is 0. The Bertz CT molecular complexity index is 245. The fourth-order valence-electron chi connectivity index (χ4n) is 1.56. The Kier molecular flexibility index (Phi) is 3.26. The standard InChI is InChI=1S/C11H23BO2Si/c1-8-15(6,7)9-12-13-10(2,3)11(4,5)14-12/h8H,1,9H2,2-7H3. The zero-order valence-corrected chi connectivity index (χ0v) is 11.9. The third-order valence-electron chi connectivity index (χ3n) is 3.55. The summed E-state index contributed by atoms with van der Waals surface area (Å²) in [6.07, 6.45) is 0. The van der Waals surface area contributed by atoms with Gasteiger partial charge in [0, 0.05) is 0 Å². The van der Waals surface area contributed by atoms with E-state index in [0.717, 1.165) is 5.94 Å². The summed E-state index contributed by atoms with van der Waals surface area (Å²) in [5.41, 5.74) is 1.69. The second kappa shape index (κ2) is 3.75. The maximum Gasteiger partial charge on any atom is 0.455 e. The zero-order chi connectivity index (χ0) is 11.9. The smallest absolute Gasteiger partial charge is 0.403 e. The van der Waals surface area contributed by atoms with Crippen molar-refractivity contribution in [3.05, 3.63) is 12.3 Å². The summed E-state index contributed by atoms with van der Waals surface area (Å²) in [4.78, 5) is 0. The van der Waals surface area contributed by atoms with Crippen molar-refractivity contribution in [2.75, 3.05) is 0 Å². The Morgan fingerprint density at radius 1 is 1.13 bits per heavy atom. The van der Waals surface area contributed by atoms with Crippen LogP contribution in [0.15, 0.2) is 12.3 Å². The summed E-state index contributed by atoms with van der Waals surface area (Å²) in [5, 5.41) is 0. The van der Waals surface area contributed by atoms with Crippen molar-refractivity contribution in [1.82, 2.24) is 0 Å². The first kappa shape index (κ1) is 13.0. The molecule has 0 aromatic carbocycles. The Labute approximate surface area is 95.2 Å². The quantitative estimate of drug-likeness (QED) is 0.688. The lowest BCUT2D eigenvalue weighted by molar-refractivity contribution is 0.00578. The molecule has 2 nitrogen and oxygen atoms in total. The predicted molar refractivity (Wildman–Crippen MR) is 68.6 cm³/mol. The van der Waals surface area contributed by atoms with E-state index in [4.69, 9.17) is 9.31 Å². The van der Waals surface area contributed by atoms with Gasteiger partial charge < -0.3 is 9.31 Å². The molecule has 0 N–H and O–H groups in total. The molecule has 0 aliphatic carbocycles. The lowest BCUT2D eigenvalue weighted by Crippen LogP contribution is -2.41. The molecule has 1 aliphatic rings. The molecule has 1 saturated heterocycles. The van der Waals surface area contributed by atoms with E-state index in [1.807, 2.05) is 0 Å². The monoisotopic (exact) mass is 226 g/mol. The topological polar surface area (TPSA) is 18.5 Å². The van der Waals surface area contributed by atoms with Gasteiger partial charge in [-0.1, -0.05) is 13.1 Å². The summed E-state index contributed by atoms with van der Waals surface area (Å²) in [7, 11) is -1.41. The van der Waals surface area contributed by atoms with Crippen LogP contribution in [0, 0.1) is 0 Å². The average molecular weight is 226 g/mol. The molecular weight excluding hydrogens is 203 g/mol. The second-order valence-corrected chi connectivity index (χ2v) is 10.9. The largest absolute Gasteiger partial charge is 0.455 e. The van der Waals surface area contributed by atoms with E-state index in [2.05, 4.69) is 53.1 Å². The first-order chi connectivity index (χ1) is 6.60. The lowest BCUT2D eigenvalue weighted by Gasteiger charge is -2.32. The Hall–Kier alpha value is -0.0582. The van der Waals surface area contributed by atoms with Crippen molar-refractivity contribution in [1.29, 1.82) is 0 Å². The maximum absolute atomic E-state index is 5.97. The fourth-order valence-corrected chi connectivity index (χ4v) is 2.75. The van der Waals surface area contributed by atoms with Crippen LogP contribution in [-0.4, -0.2) is 26.4 Å². The van der Waals surface area contributed by atoms with Crippen molar-refractivity contribution in [2.24, 2.45) is 0 Å². The molecule has 86 valence electrons. The van der Waals surface area contributed by atoms with Crippen LogP contribution in [0.3, 0.4) is 0 Å². The van der Waals surface area contributed by atoms with Gasteiger partial charge in [-0.05, 0) is 33.6 Å². The molecule has 0 radical (unpaired) electrons. The van der Waals surface area contributed by atoms with Gasteiger partial charge in [-0.15, -0.1) is 12.3 Å². The van der Waals surface area contributed by atoms with Crippen LogP contribution in [0.5, 0.6) is 0 Å². The number of hydrogen-bond donors (Lipinski definition) is 0. The first-order valence-corrected chi connectivity index (χ1v) is 8.87. The van der Waals surface area contributed by atoms with Gasteiger partial charge in [-0.2, -0.15) is 0 Å². The van der Waals surface area contributed by atoms with Gasteiger partial charge in [0.1, 0.15) is 0 Å². The molecule has 0 amide bonds. The summed E-state index contributed by atoms with van der Waals surface area (Å²) < 4.78 is 11.9. The van der Waals surface area contributed by atoms with Crippen LogP contribution in [0.4, 0.5) is 0 Å². The molecule has 1 fully saturated rings. The van der Waals surface area contributed by atoms with Crippen molar-refractivity contribution < 1.29 is 9.31 Å². The molecule has 0 atom stereocenters. The molecule has 0 aromatic rings. The highest BCUT2D eigenvalue weighted by Crippen LogP contribution is 2.38. The molecular formula is C11H23BO2Si. The molecule has 0 spiro atoms. The van der Waals surface area contributed by atoms with Gasteiger partial charge in [0.15, 0.2) is 0 Å². The van der Waals surface area contributed by atoms with E-state index in [1.165, 1.54) is 0 Å². The van der Waals surface area contributed by atoms with E-state index >= 15 is 0 Å². The van der Waals surface area contributed by atoms with Crippen molar-refractivity contribution in [3.8, 4) is 0 Å². The van der Waals surface area contributed by atoms with E-state index < -0.39 is 8.07 Å². The van der Waals surface area contributed by atoms with Gasteiger partial charge in [-0.3, -0.25) is 0 Å². The lowest BCUT2D eigenvalue weighted by atomic mass is 9.90. The second-order valence-electron chi connectivity index (χ2n) is 6.08. The Balaban J connectivity index is 2.68. The van der Waals surface area contributed by atoms with Crippen molar-refractivity contribution in [2.45, 2.75) is 57.9 Å². The molecule has 1 rings (SSSR count). The molecule has 0 bridgehead atoms. The number of rotatable bonds is 3. The van der Waals surface area contributed by atoms with E-state index in [0.29, 0.717) is 0 Å². The van der Waals surface area contributed by atoms with Crippen LogP contribution < -0.4 is 0 Å². The Morgan fingerprint density at radius 3 is 1.87 bits per heavy atom. The highest BCUT2D eigenvalue weighted by Gasteiger charge is 2.51. The number of hydrogen-bond acceptors (Lipinski definition) is 2. The van der Waals surface area contributed by atoms with Gasteiger partial charge >= 0.3 is 7.12 Å². The SMILES string of the molecule is C=C[Si](C)(C)CB1OC(C)(C)C(C)(C)O1. The van der Waals surface area contributed by atoms with Crippen LogP contribution in [-0.2, 0) is 9.31 Å². The minimum Gasteiger partial charge on any atom is -0.403 e. The highest BCUT2D eigenvalue weighted by molar-refractivity contribution is 6.89. The van der Waals surface area contributed by atoms with E-state index in [9.17, 15) is 0 Å². The maximum atomic E-state index is 5.97. The first-order valence-electron chi connectivity index (χ1n) is 5.59. The van der Waals surface area contributed by atoms with Gasteiger partial charge in [0.05, 0.1) is 19.3 Å². The molecule has 0 aromatic heterocycles. The zero-order valence-electron chi connectivity index (χ0n) is 10.9. The third-order valence-corrected chi connectivity index (χ3v) is 6.04. The van der Waals surface area contributed by atoms with Gasteiger partial charge in [-0.25, -0.2) is 0 Å². The molecule has 4 heteroatoms. The predicted octanol–water partition coefficient (Wildman–Crippen LogP) is 3.05. The van der Waals surface area contributed by atoms with Crippen LogP contribution in [0.1, 0.15) is 27.7 Å². The highest BCUT2D eigenvalue weighted by atomic mass is 28.3. The van der Waals surface area contributed by atoms with Gasteiger partial charge in [0.2, 0.25) is 0 Å². The summed E-state index contributed by atoms with van der Waals surface area (Å²) in [6.45, 7) is 16.8. The van der Waals surface area contributed by atoms with Gasteiger partial charge in [0.25, 0.3) is 0 Å². The normalized spacial score (nSPS) is 24.3. The van der Waals surface area contributed by atoms with Crippen molar-refractivity contribution in [3.63, 3.8) is 0 Å². The average Bonchev–Trinajstić information content (AvgIpc) is 2.19. The van der Waals surface area contributed by atoms with Crippen LogP contribution in [0.2, 0.25) is 19.0 Å². The summed E-state index contributed by atoms with van der Waals surface area (Å²) >= 11 is 0. The summed E-state index contributed by atoms with van der Waals surface area (Å²) in [5.74, 6) is 0.989. The minimum atomic E-state index is -1.35.